The van der Waals surface area contributed by atoms with Gasteiger partial charge in [-0.05, 0) is 36.2 Å². The number of hydrogen-bond acceptors (Lipinski definition) is 2. The molecule has 34 heavy (non-hydrogen) atoms. The number of para-hydroxylation sites is 1. The van der Waals surface area contributed by atoms with Gasteiger partial charge < -0.3 is 9.13 Å². The molecule has 3 aromatic heterocycles. The monoisotopic (exact) mass is 438 g/mol. The summed E-state index contributed by atoms with van der Waals surface area (Å²) in [6, 6.07) is 28.6. The van der Waals surface area contributed by atoms with E-state index in [4.69, 9.17) is 4.98 Å². The molecule has 1 aliphatic heterocycles. The lowest BCUT2D eigenvalue weighted by atomic mass is 9.40. The van der Waals surface area contributed by atoms with Crippen LogP contribution in [0.5, 0.6) is 0 Å². The summed E-state index contributed by atoms with van der Waals surface area (Å²) in [5.74, 6) is 0.979. The van der Waals surface area contributed by atoms with Crippen LogP contribution in [-0.4, -0.2) is 25.8 Å². The Labute approximate surface area is 198 Å². The average molecular weight is 438 g/mol. The van der Waals surface area contributed by atoms with Gasteiger partial charge in [0.1, 0.15) is 11.5 Å². The molecule has 0 saturated carbocycles. The average Bonchev–Trinajstić information content (AvgIpc) is 3.54. The van der Waals surface area contributed by atoms with Crippen molar-refractivity contribution < 1.29 is 0 Å². The number of aromatic nitrogens is 4. The zero-order valence-electron chi connectivity index (χ0n) is 19.2. The number of hydrogen-bond donors (Lipinski definition) is 0. The van der Waals surface area contributed by atoms with Crippen LogP contribution in [0.1, 0.15) is 6.92 Å². The lowest BCUT2D eigenvalue weighted by Crippen LogP contribution is -2.50. The van der Waals surface area contributed by atoms with E-state index in [1.165, 1.54) is 38.3 Å². The number of imidazole rings is 1. The molecule has 5 heteroatoms. The zero-order chi connectivity index (χ0) is 22.8. The van der Waals surface area contributed by atoms with Gasteiger partial charge in [-0.25, -0.2) is 9.97 Å². The molecule has 0 unspecified atom stereocenters. The topological polar surface area (TPSA) is 35.6 Å². The van der Waals surface area contributed by atoms with Gasteiger partial charge in [-0.1, -0.05) is 71.6 Å². The van der Waals surface area contributed by atoms with Crippen molar-refractivity contribution >= 4 is 45.2 Å². The molecule has 162 valence electrons. The van der Waals surface area contributed by atoms with Crippen molar-refractivity contribution in [1.82, 2.24) is 19.1 Å². The highest BCUT2D eigenvalue weighted by atomic mass is 15.0. The number of nitrogens with zero attached hydrogens (tertiary/aromatic N) is 4. The maximum atomic E-state index is 5.32. The van der Waals surface area contributed by atoms with Crippen molar-refractivity contribution in [2.45, 2.75) is 13.5 Å². The molecular weight excluding hydrogens is 415 g/mol. The largest absolute Gasteiger partial charge is 0.334 e. The van der Waals surface area contributed by atoms with Gasteiger partial charge in [0.15, 0.2) is 0 Å². The third-order valence-electron chi connectivity index (χ3n) is 7.25. The number of pyridine rings is 1. The Balaban J connectivity index is 1.48. The van der Waals surface area contributed by atoms with Crippen LogP contribution in [0, 0.1) is 0 Å². The summed E-state index contributed by atoms with van der Waals surface area (Å²) in [5.41, 5.74) is 9.74. The molecule has 6 aromatic rings. The minimum Gasteiger partial charge on any atom is -0.334 e. The summed E-state index contributed by atoms with van der Waals surface area (Å²) in [7, 11) is 2.04. The Morgan fingerprint density at radius 2 is 1.65 bits per heavy atom. The highest BCUT2D eigenvalue weighted by molar-refractivity contribution is 6.98. The van der Waals surface area contributed by atoms with E-state index in [1.807, 2.05) is 19.4 Å². The molecule has 3 aromatic carbocycles. The molecule has 4 heterocycles. The molecule has 0 N–H and O–H groups in total. The van der Waals surface area contributed by atoms with Crippen molar-refractivity contribution in [2.24, 2.45) is 7.05 Å². The van der Waals surface area contributed by atoms with Crippen molar-refractivity contribution in [3.63, 3.8) is 0 Å². The quantitative estimate of drug-likeness (QED) is 0.390. The molecule has 4 nitrogen and oxygen atoms in total. The molecule has 0 atom stereocenters. The molecule has 0 spiro atoms. The predicted molar refractivity (Wildman–Crippen MR) is 142 cm³/mol. The Kier molecular flexibility index (Phi) is 4.10. The maximum absolute atomic E-state index is 5.32. The van der Waals surface area contributed by atoms with E-state index in [-0.39, 0.29) is 6.71 Å². The van der Waals surface area contributed by atoms with Crippen LogP contribution < -0.4 is 16.5 Å². The van der Waals surface area contributed by atoms with Crippen LogP contribution in [0.2, 0.25) is 0 Å². The lowest BCUT2D eigenvalue weighted by molar-refractivity contribution is 0.817. The van der Waals surface area contributed by atoms with Crippen LogP contribution in [0.25, 0.3) is 44.5 Å². The van der Waals surface area contributed by atoms with E-state index in [0.29, 0.717) is 0 Å². The summed E-state index contributed by atoms with van der Waals surface area (Å²) in [5, 5.41) is 2.48. The van der Waals surface area contributed by atoms with Gasteiger partial charge in [-0.2, -0.15) is 0 Å². The van der Waals surface area contributed by atoms with E-state index in [1.54, 1.807) is 0 Å². The molecule has 0 amide bonds. The van der Waals surface area contributed by atoms with Crippen LogP contribution >= 0.6 is 0 Å². The number of benzene rings is 3. The van der Waals surface area contributed by atoms with Gasteiger partial charge in [0.2, 0.25) is 0 Å². The standard InChI is InChI=1S/C29H23BN4/c1-3-34-26-11-7-5-9-22(26)23-14-15-27(32-29(23)34)30-24-10-6-4-8-20(24)21-13-12-19(18-25(21)30)28-31-16-17-33(28)2/h4-18H,3H2,1-2H3. The summed E-state index contributed by atoms with van der Waals surface area (Å²) >= 11 is 0. The van der Waals surface area contributed by atoms with Crippen LogP contribution in [0.3, 0.4) is 0 Å². The number of aryl methyl sites for hydroxylation is 2. The Bertz CT molecular complexity index is 1730. The fraction of sp³-hybridized carbons (Fsp3) is 0.103. The van der Waals surface area contributed by atoms with E-state index < -0.39 is 0 Å². The summed E-state index contributed by atoms with van der Waals surface area (Å²) in [6.45, 7) is 3.18. The minimum absolute atomic E-state index is 0.0964. The summed E-state index contributed by atoms with van der Waals surface area (Å²) in [6.07, 6.45) is 3.85. The van der Waals surface area contributed by atoms with Gasteiger partial charge in [-0.3, -0.25) is 0 Å². The van der Waals surface area contributed by atoms with E-state index in [2.05, 4.69) is 99.9 Å². The molecule has 0 radical (unpaired) electrons. The van der Waals surface area contributed by atoms with E-state index >= 15 is 0 Å². The van der Waals surface area contributed by atoms with Crippen LogP contribution in [0.4, 0.5) is 0 Å². The molecule has 0 bridgehead atoms. The minimum atomic E-state index is 0.0964. The van der Waals surface area contributed by atoms with Crippen LogP contribution in [-0.2, 0) is 13.6 Å². The van der Waals surface area contributed by atoms with Crippen molar-refractivity contribution in [3.05, 3.63) is 91.3 Å². The predicted octanol–water partition coefficient (Wildman–Crippen LogP) is 4.11. The first-order chi connectivity index (χ1) is 16.7. The first kappa shape index (κ1) is 19.4. The third kappa shape index (κ3) is 2.61. The molecule has 0 fully saturated rings. The molecule has 7 rings (SSSR count). The lowest BCUT2D eigenvalue weighted by Gasteiger charge is -2.12. The Morgan fingerprint density at radius 3 is 2.50 bits per heavy atom. The highest BCUT2D eigenvalue weighted by Gasteiger charge is 2.35. The smallest absolute Gasteiger partial charge is 0.266 e. The SMILES string of the molecule is CCn1c2ccccc2c2ccc(B3c4ccccc4-c4ccc(-c5nccn5C)cc43)nc21. The third-order valence-corrected chi connectivity index (χ3v) is 7.25. The number of fused-ring (bicyclic) bond motifs is 6. The van der Waals surface area contributed by atoms with Gasteiger partial charge >= 0.3 is 0 Å². The maximum Gasteiger partial charge on any atom is 0.266 e. The van der Waals surface area contributed by atoms with Crippen molar-refractivity contribution in [3.8, 4) is 22.5 Å². The summed E-state index contributed by atoms with van der Waals surface area (Å²) < 4.78 is 4.41. The summed E-state index contributed by atoms with van der Waals surface area (Å²) in [4.78, 5) is 9.91. The van der Waals surface area contributed by atoms with Crippen LogP contribution in [0.15, 0.2) is 91.3 Å². The molecule has 0 aliphatic carbocycles. The first-order valence-electron chi connectivity index (χ1n) is 11.8. The second-order valence-electron chi connectivity index (χ2n) is 9.05. The van der Waals surface area contributed by atoms with Gasteiger partial charge in [-0.15, -0.1) is 0 Å². The fourth-order valence-electron chi connectivity index (χ4n) is 5.72. The molecular formula is C29H23BN4. The van der Waals surface area contributed by atoms with Crippen molar-refractivity contribution in [1.29, 1.82) is 0 Å². The second-order valence-corrected chi connectivity index (χ2v) is 9.05. The number of rotatable bonds is 3. The zero-order valence-corrected chi connectivity index (χ0v) is 19.2. The Morgan fingerprint density at radius 1 is 0.824 bits per heavy atom. The van der Waals surface area contributed by atoms with Gasteiger partial charge in [0.25, 0.3) is 6.71 Å². The Hall–Kier alpha value is -4.12. The van der Waals surface area contributed by atoms with Gasteiger partial charge in [0, 0.05) is 47.9 Å². The first-order valence-corrected chi connectivity index (χ1v) is 11.8. The van der Waals surface area contributed by atoms with Crippen molar-refractivity contribution in [2.75, 3.05) is 0 Å². The van der Waals surface area contributed by atoms with E-state index in [9.17, 15) is 0 Å². The fourth-order valence-corrected chi connectivity index (χ4v) is 5.72. The highest BCUT2D eigenvalue weighted by Crippen LogP contribution is 2.29. The van der Waals surface area contributed by atoms with Gasteiger partial charge in [0.05, 0.1) is 5.52 Å². The van der Waals surface area contributed by atoms with E-state index in [0.717, 1.165) is 29.2 Å². The molecule has 0 saturated heterocycles. The second kappa shape index (κ2) is 7.19. The molecule has 1 aliphatic rings. The normalized spacial score (nSPS) is 12.5.